The second-order valence-corrected chi connectivity index (χ2v) is 5.74. The molecule has 2 rings (SSSR count). The number of nitrogens with one attached hydrogen (secondary N) is 2. The van der Waals surface area contributed by atoms with E-state index in [1.807, 2.05) is 25.1 Å². The minimum Gasteiger partial charge on any atom is -0.338 e. The van der Waals surface area contributed by atoms with E-state index in [2.05, 4.69) is 15.6 Å². The summed E-state index contributed by atoms with van der Waals surface area (Å²) in [5.41, 5.74) is 1.91. The monoisotopic (exact) mass is 337 g/mol. The zero-order valence-electron chi connectivity index (χ0n) is 12.1. The van der Waals surface area contributed by atoms with Gasteiger partial charge in [-0.1, -0.05) is 35.3 Å². The molecule has 0 spiro atoms. The number of amides is 2. The first-order valence-corrected chi connectivity index (χ1v) is 7.70. The van der Waals surface area contributed by atoms with E-state index in [0.29, 0.717) is 16.6 Å². The van der Waals surface area contributed by atoms with Gasteiger partial charge in [0.1, 0.15) is 0 Å². The Morgan fingerprint density at radius 1 is 1.32 bits per heavy atom. The highest BCUT2D eigenvalue weighted by Gasteiger charge is 2.12. The van der Waals surface area contributed by atoms with Crippen molar-refractivity contribution < 1.29 is 4.79 Å². The van der Waals surface area contributed by atoms with Gasteiger partial charge in [-0.15, -0.1) is 0 Å². The number of benzene rings is 1. The van der Waals surface area contributed by atoms with Crippen molar-refractivity contribution in [3.05, 3.63) is 63.9 Å². The van der Waals surface area contributed by atoms with Gasteiger partial charge in [0.05, 0.1) is 6.04 Å². The van der Waals surface area contributed by atoms with E-state index >= 15 is 0 Å². The molecule has 22 heavy (non-hydrogen) atoms. The van der Waals surface area contributed by atoms with Gasteiger partial charge in [0.2, 0.25) is 0 Å². The molecule has 2 N–H and O–H groups in total. The first-order chi connectivity index (χ1) is 10.6. The number of nitrogens with zero attached hydrogens (tertiary/aromatic N) is 1. The predicted octanol–water partition coefficient (Wildman–Crippen LogP) is 3.99. The van der Waals surface area contributed by atoms with Crippen LogP contribution in [0.5, 0.6) is 0 Å². The second-order valence-electron chi connectivity index (χ2n) is 4.90. The van der Waals surface area contributed by atoms with E-state index < -0.39 is 0 Å². The molecule has 0 aliphatic heterocycles. The molecule has 1 aromatic heterocycles. The standard InChI is InChI=1S/C16H17Cl2N3O/c1-11(14-5-4-13(17)9-15(14)18)21-16(22)20-8-6-12-3-2-7-19-10-12/h2-5,7,9-11H,6,8H2,1H3,(H2,20,21,22). The van der Waals surface area contributed by atoms with Gasteiger partial charge in [0.15, 0.2) is 0 Å². The van der Waals surface area contributed by atoms with Crippen molar-refractivity contribution in [2.24, 2.45) is 0 Å². The van der Waals surface area contributed by atoms with Crippen LogP contribution in [0.15, 0.2) is 42.7 Å². The van der Waals surface area contributed by atoms with E-state index in [0.717, 1.165) is 17.5 Å². The van der Waals surface area contributed by atoms with Gasteiger partial charge in [-0.25, -0.2) is 4.79 Å². The molecule has 0 bridgehead atoms. The predicted molar refractivity (Wildman–Crippen MR) is 89.4 cm³/mol. The minimum atomic E-state index is -0.234. The smallest absolute Gasteiger partial charge is 0.315 e. The summed E-state index contributed by atoms with van der Waals surface area (Å²) in [6.07, 6.45) is 4.24. The second kappa shape index (κ2) is 8.01. The third kappa shape index (κ3) is 4.90. The molecular weight excluding hydrogens is 321 g/mol. The number of halogens is 2. The van der Waals surface area contributed by atoms with E-state index in [1.165, 1.54) is 0 Å². The van der Waals surface area contributed by atoms with Gasteiger partial charge >= 0.3 is 6.03 Å². The Morgan fingerprint density at radius 3 is 2.82 bits per heavy atom. The van der Waals surface area contributed by atoms with Crippen molar-refractivity contribution in [1.29, 1.82) is 0 Å². The molecule has 0 saturated carbocycles. The van der Waals surface area contributed by atoms with Gasteiger partial charge < -0.3 is 10.6 Å². The Hall–Kier alpha value is -1.78. The number of aromatic nitrogens is 1. The first-order valence-electron chi connectivity index (χ1n) is 6.94. The fourth-order valence-corrected chi connectivity index (χ4v) is 2.62. The molecule has 0 aliphatic rings. The largest absolute Gasteiger partial charge is 0.338 e. The van der Waals surface area contributed by atoms with Crippen LogP contribution < -0.4 is 10.6 Å². The molecule has 2 aromatic rings. The topological polar surface area (TPSA) is 54.0 Å². The van der Waals surface area contributed by atoms with Crippen LogP contribution in [0, 0.1) is 0 Å². The highest BCUT2D eigenvalue weighted by Crippen LogP contribution is 2.25. The Morgan fingerprint density at radius 2 is 2.14 bits per heavy atom. The van der Waals surface area contributed by atoms with Gasteiger partial charge in [-0.3, -0.25) is 4.98 Å². The third-order valence-electron chi connectivity index (χ3n) is 3.20. The maximum absolute atomic E-state index is 11.9. The molecule has 1 atom stereocenters. The molecule has 2 amide bonds. The first kappa shape index (κ1) is 16.6. The number of pyridine rings is 1. The Balaban J connectivity index is 1.81. The SMILES string of the molecule is CC(NC(=O)NCCc1cccnc1)c1ccc(Cl)cc1Cl. The Labute approximate surface area is 139 Å². The number of carbonyl (C=O) groups excluding carboxylic acids is 1. The fraction of sp³-hybridized carbons (Fsp3) is 0.250. The Kier molecular flexibility index (Phi) is 6.04. The average Bonchev–Trinajstić information content (AvgIpc) is 2.48. The molecule has 0 radical (unpaired) electrons. The minimum absolute atomic E-state index is 0.205. The van der Waals surface area contributed by atoms with Crippen LogP contribution in [0.3, 0.4) is 0 Å². The third-order valence-corrected chi connectivity index (χ3v) is 3.76. The zero-order valence-corrected chi connectivity index (χ0v) is 13.7. The lowest BCUT2D eigenvalue weighted by Crippen LogP contribution is -2.38. The van der Waals surface area contributed by atoms with Gasteiger partial charge in [-0.2, -0.15) is 0 Å². The van der Waals surface area contributed by atoms with Crippen LogP contribution in [-0.4, -0.2) is 17.6 Å². The fourth-order valence-electron chi connectivity index (χ4n) is 2.04. The van der Waals surface area contributed by atoms with E-state index in [-0.39, 0.29) is 12.1 Å². The molecule has 0 fully saturated rings. The van der Waals surface area contributed by atoms with Crippen LogP contribution in [0.1, 0.15) is 24.1 Å². The molecule has 1 heterocycles. The van der Waals surface area contributed by atoms with Gasteiger partial charge in [0.25, 0.3) is 0 Å². The normalized spacial score (nSPS) is 11.8. The van der Waals surface area contributed by atoms with Crippen molar-refractivity contribution in [2.45, 2.75) is 19.4 Å². The molecule has 0 aliphatic carbocycles. The maximum atomic E-state index is 11.9. The molecule has 1 unspecified atom stereocenters. The van der Waals surface area contributed by atoms with Crippen molar-refractivity contribution >= 4 is 29.2 Å². The van der Waals surface area contributed by atoms with Crippen LogP contribution in [-0.2, 0) is 6.42 Å². The van der Waals surface area contributed by atoms with Crippen LogP contribution in [0.25, 0.3) is 0 Å². The van der Waals surface area contributed by atoms with Crippen molar-refractivity contribution in [3.8, 4) is 0 Å². The summed E-state index contributed by atoms with van der Waals surface area (Å²) in [6.45, 7) is 2.41. The molecular formula is C16H17Cl2N3O. The molecule has 6 heteroatoms. The number of carbonyl (C=O) groups is 1. The van der Waals surface area contributed by atoms with Gasteiger partial charge in [0, 0.05) is 29.0 Å². The van der Waals surface area contributed by atoms with E-state index in [4.69, 9.17) is 23.2 Å². The van der Waals surface area contributed by atoms with Crippen LogP contribution in [0.4, 0.5) is 4.79 Å². The number of urea groups is 1. The molecule has 4 nitrogen and oxygen atoms in total. The lowest BCUT2D eigenvalue weighted by Gasteiger charge is -2.16. The van der Waals surface area contributed by atoms with Gasteiger partial charge in [-0.05, 0) is 42.7 Å². The van der Waals surface area contributed by atoms with Crippen LogP contribution >= 0.6 is 23.2 Å². The summed E-state index contributed by atoms with van der Waals surface area (Å²) < 4.78 is 0. The highest BCUT2D eigenvalue weighted by atomic mass is 35.5. The lowest BCUT2D eigenvalue weighted by atomic mass is 10.1. The van der Waals surface area contributed by atoms with Crippen molar-refractivity contribution in [3.63, 3.8) is 0 Å². The molecule has 116 valence electrons. The maximum Gasteiger partial charge on any atom is 0.315 e. The Bertz CT molecular complexity index is 635. The summed E-state index contributed by atoms with van der Waals surface area (Å²) in [6, 6.07) is 8.64. The van der Waals surface area contributed by atoms with E-state index in [1.54, 1.807) is 24.5 Å². The average molecular weight is 338 g/mol. The summed E-state index contributed by atoms with van der Waals surface area (Å²) in [5.74, 6) is 0. The summed E-state index contributed by atoms with van der Waals surface area (Å²) >= 11 is 12.0. The van der Waals surface area contributed by atoms with Crippen molar-refractivity contribution in [2.75, 3.05) is 6.54 Å². The zero-order chi connectivity index (χ0) is 15.9. The van der Waals surface area contributed by atoms with Crippen molar-refractivity contribution in [1.82, 2.24) is 15.6 Å². The lowest BCUT2D eigenvalue weighted by molar-refractivity contribution is 0.238. The summed E-state index contributed by atoms with van der Waals surface area (Å²) in [5, 5.41) is 6.77. The molecule has 1 aromatic carbocycles. The quantitative estimate of drug-likeness (QED) is 0.866. The summed E-state index contributed by atoms with van der Waals surface area (Å²) in [7, 11) is 0. The molecule has 0 saturated heterocycles. The number of rotatable bonds is 5. The highest BCUT2D eigenvalue weighted by molar-refractivity contribution is 6.35. The number of hydrogen-bond acceptors (Lipinski definition) is 2. The summed E-state index contributed by atoms with van der Waals surface area (Å²) in [4.78, 5) is 15.9. The van der Waals surface area contributed by atoms with Crippen LogP contribution in [0.2, 0.25) is 10.0 Å². The van der Waals surface area contributed by atoms with E-state index in [9.17, 15) is 4.79 Å². The number of hydrogen-bond donors (Lipinski definition) is 2.